The third-order valence-electron chi connectivity index (χ3n) is 3.56. The lowest BCUT2D eigenvalue weighted by molar-refractivity contribution is 0.100. The van der Waals surface area contributed by atoms with Gasteiger partial charge in [-0.15, -0.1) is 11.8 Å². The number of nitrogens with two attached hydrogens (primary N) is 1. The second-order valence-electron chi connectivity index (χ2n) is 5.34. The zero-order chi connectivity index (χ0) is 16.9. The minimum atomic E-state index is -0.415. The van der Waals surface area contributed by atoms with Crippen molar-refractivity contribution in [1.82, 2.24) is 10.1 Å². The van der Waals surface area contributed by atoms with Gasteiger partial charge in [0.05, 0.1) is 5.25 Å². The van der Waals surface area contributed by atoms with Crippen LogP contribution in [-0.2, 0) is 5.75 Å². The highest BCUT2D eigenvalue weighted by molar-refractivity contribution is 7.98. The van der Waals surface area contributed by atoms with Gasteiger partial charge in [0.25, 0.3) is 0 Å². The van der Waals surface area contributed by atoms with Crippen molar-refractivity contribution in [2.75, 3.05) is 0 Å². The molecule has 0 aliphatic rings. The average Bonchev–Trinajstić information content (AvgIpc) is 3.11. The third kappa shape index (κ3) is 3.83. The summed E-state index contributed by atoms with van der Waals surface area (Å²) in [4.78, 5) is 15.5. The zero-order valence-corrected chi connectivity index (χ0v) is 14.0. The normalized spacial score (nSPS) is 12.0. The van der Waals surface area contributed by atoms with E-state index in [9.17, 15) is 4.79 Å². The summed E-state index contributed by atoms with van der Waals surface area (Å²) >= 11 is 1.69. The summed E-state index contributed by atoms with van der Waals surface area (Å²) in [5, 5.41) is 4.12. The Hall–Kier alpha value is -2.60. The van der Waals surface area contributed by atoms with Crippen LogP contribution < -0.4 is 5.73 Å². The van der Waals surface area contributed by atoms with Gasteiger partial charge in [-0.05, 0) is 24.6 Å². The van der Waals surface area contributed by atoms with Gasteiger partial charge in [0, 0.05) is 16.9 Å². The molecule has 2 aromatic carbocycles. The molecular weight excluding hydrogens is 322 g/mol. The van der Waals surface area contributed by atoms with Crippen LogP contribution in [0.2, 0.25) is 0 Å². The van der Waals surface area contributed by atoms with E-state index in [1.54, 1.807) is 23.9 Å². The van der Waals surface area contributed by atoms with E-state index in [1.807, 2.05) is 49.4 Å². The molecule has 0 unspecified atom stereocenters. The van der Waals surface area contributed by atoms with Gasteiger partial charge >= 0.3 is 0 Å². The van der Waals surface area contributed by atoms with E-state index in [2.05, 4.69) is 10.1 Å². The van der Waals surface area contributed by atoms with Gasteiger partial charge in [0.1, 0.15) is 0 Å². The molecule has 0 aliphatic heterocycles. The summed E-state index contributed by atoms with van der Waals surface area (Å²) in [6.45, 7) is 2.03. The minimum Gasteiger partial charge on any atom is -0.366 e. The first-order valence-electron chi connectivity index (χ1n) is 7.53. The smallest absolute Gasteiger partial charge is 0.248 e. The number of primary amides is 1. The van der Waals surface area contributed by atoms with Crippen molar-refractivity contribution in [3.63, 3.8) is 0 Å². The molecule has 1 atom stereocenters. The molecule has 1 heterocycles. The van der Waals surface area contributed by atoms with E-state index in [-0.39, 0.29) is 5.25 Å². The number of carbonyl (C=O) groups excluding carboxylic acids is 1. The molecule has 0 fully saturated rings. The summed E-state index contributed by atoms with van der Waals surface area (Å²) in [5.41, 5.74) is 7.80. The Morgan fingerprint density at radius 3 is 2.54 bits per heavy atom. The fraction of sp³-hybridized carbons (Fsp3) is 0.167. The molecule has 1 aromatic heterocycles. The number of carbonyl (C=O) groups is 1. The molecule has 3 aromatic rings. The van der Waals surface area contributed by atoms with E-state index in [0.717, 1.165) is 16.9 Å². The number of hydrogen-bond donors (Lipinski definition) is 1. The van der Waals surface area contributed by atoms with Crippen LogP contribution in [0.3, 0.4) is 0 Å². The second-order valence-corrected chi connectivity index (χ2v) is 6.67. The molecule has 3 rings (SSSR count). The number of aromatic nitrogens is 2. The van der Waals surface area contributed by atoms with Gasteiger partial charge in [0.2, 0.25) is 17.6 Å². The predicted molar refractivity (Wildman–Crippen MR) is 94.4 cm³/mol. The molecule has 6 heteroatoms. The summed E-state index contributed by atoms with van der Waals surface area (Å²) < 4.78 is 5.38. The highest BCUT2D eigenvalue weighted by Gasteiger charge is 2.15. The van der Waals surface area contributed by atoms with Crippen molar-refractivity contribution in [2.24, 2.45) is 5.73 Å². The molecule has 0 saturated heterocycles. The molecular formula is C18H17N3O2S. The Kier molecular flexibility index (Phi) is 4.96. The molecule has 1 amide bonds. The van der Waals surface area contributed by atoms with Crippen LogP contribution in [0.25, 0.3) is 11.4 Å². The highest BCUT2D eigenvalue weighted by atomic mass is 32.2. The average molecular weight is 339 g/mol. The fourth-order valence-electron chi connectivity index (χ4n) is 2.16. The molecule has 0 saturated carbocycles. The maximum absolute atomic E-state index is 11.1. The van der Waals surface area contributed by atoms with Crippen LogP contribution in [0.15, 0.2) is 59.1 Å². The van der Waals surface area contributed by atoms with Crippen molar-refractivity contribution in [3.05, 3.63) is 71.6 Å². The second kappa shape index (κ2) is 7.31. The summed E-state index contributed by atoms with van der Waals surface area (Å²) in [6.07, 6.45) is 0. The van der Waals surface area contributed by atoms with E-state index < -0.39 is 5.91 Å². The molecule has 0 radical (unpaired) electrons. The van der Waals surface area contributed by atoms with Gasteiger partial charge in [0.15, 0.2) is 0 Å². The van der Waals surface area contributed by atoms with Gasteiger partial charge in [-0.2, -0.15) is 4.98 Å². The monoisotopic (exact) mass is 339 g/mol. The van der Waals surface area contributed by atoms with E-state index in [1.165, 1.54) is 0 Å². The molecule has 0 bridgehead atoms. The lowest BCUT2D eigenvalue weighted by Gasteiger charge is -2.06. The van der Waals surface area contributed by atoms with Crippen LogP contribution >= 0.6 is 11.8 Å². The van der Waals surface area contributed by atoms with Gasteiger partial charge in [-0.1, -0.05) is 47.6 Å². The molecule has 5 nitrogen and oxygen atoms in total. The first kappa shape index (κ1) is 16.3. The number of hydrogen-bond acceptors (Lipinski definition) is 5. The van der Waals surface area contributed by atoms with Crippen LogP contribution in [-0.4, -0.2) is 16.0 Å². The maximum Gasteiger partial charge on any atom is 0.248 e. The third-order valence-corrected chi connectivity index (χ3v) is 4.76. The largest absolute Gasteiger partial charge is 0.366 e. The molecule has 24 heavy (non-hydrogen) atoms. The minimum absolute atomic E-state index is 0.0748. The first-order valence-corrected chi connectivity index (χ1v) is 8.58. The Labute approximate surface area is 144 Å². The quantitative estimate of drug-likeness (QED) is 0.738. The standard InChI is InChI=1S/C18H17N3O2S/c1-12(24-11-13-7-9-14(10-8-13)16(19)22)18-20-17(21-23-18)15-5-3-2-4-6-15/h2-10,12H,11H2,1H3,(H2,19,22)/t12-/m1/s1. The maximum atomic E-state index is 11.1. The Morgan fingerprint density at radius 2 is 1.88 bits per heavy atom. The number of nitrogens with zero attached hydrogens (tertiary/aromatic N) is 2. The van der Waals surface area contributed by atoms with E-state index >= 15 is 0 Å². The van der Waals surface area contributed by atoms with Gasteiger partial charge in [-0.3, -0.25) is 4.79 Å². The SMILES string of the molecule is C[C@@H](SCc1ccc(C(N)=O)cc1)c1nc(-c2ccccc2)no1. The molecule has 2 N–H and O–H groups in total. The number of rotatable bonds is 6. The zero-order valence-electron chi connectivity index (χ0n) is 13.2. The van der Waals surface area contributed by atoms with Crippen LogP contribution in [0, 0.1) is 0 Å². The Bertz CT molecular complexity index is 816. The van der Waals surface area contributed by atoms with Crippen molar-refractivity contribution in [3.8, 4) is 11.4 Å². The van der Waals surface area contributed by atoms with Crippen LogP contribution in [0.5, 0.6) is 0 Å². The fourth-order valence-corrected chi connectivity index (χ4v) is 3.04. The molecule has 0 aliphatic carbocycles. The van der Waals surface area contributed by atoms with Gasteiger partial charge < -0.3 is 10.3 Å². The Balaban J connectivity index is 1.62. The predicted octanol–water partition coefficient (Wildman–Crippen LogP) is 3.83. The summed E-state index contributed by atoms with van der Waals surface area (Å²) in [6, 6.07) is 17.0. The molecule has 122 valence electrons. The lowest BCUT2D eigenvalue weighted by Crippen LogP contribution is -2.10. The van der Waals surface area contributed by atoms with Crippen molar-refractivity contribution in [1.29, 1.82) is 0 Å². The summed E-state index contributed by atoms with van der Waals surface area (Å²) in [7, 11) is 0. The van der Waals surface area contributed by atoms with Crippen LogP contribution in [0.4, 0.5) is 0 Å². The van der Waals surface area contributed by atoms with Crippen LogP contribution in [0.1, 0.15) is 34.0 Å². The first-order chi connectivity index (χ1) is 11.6. The summed E-state index contributed by atoms with van der Waals surface area (Å²) in [5.74, 6) is 1.57. The van der Waals surface area contributed by atoms with Crippen molar-refractivity contribution >= 4 is 17.7 Å². The number of benzene rings is 2. The molecule has 0 spiro atoms. The topological polar surface area (TPSA) is 82.0 Å². The lowest BCUT2D eigenvalue weighted by atomic mass is 10.1. The highest BCUT2D eigenvalue weighted by Crippen LogP contribution is 2.31. The van der Waals surface area contributed by atoms with Gasteiger partial charge in [-0.25, -0.2) is 0 Å². The Morgan fingerprint density at radius 1 is 1.17 bits per heavy atom. The van der Waals surface area contributed by atoms with Crippen molar-refractivity contribution in [2.45, 2.75) is 17.9 Å². The van der Waals surface area contributed by atoms with E-state index in [0.29, 0.717) is 17.3 Å². The number of thioether (sulfide) groups is 1. The van der Waals surface area contributed by atoms with E-state index in [4.69, 9.17) is 10.3 Å². The number of amides is 1. The van der Waals surface area contributed by atoms with Crippen molar-refractivity contribution < 1.29 is 9.32 Å².